The molecule has 0 amide bonds. The molecule has 0 saturated carbocycles. The van der Waals surface area contributed by atoms with E-state index in [1.54, 1.807) is 11.1 Å². The van der Waals surface area contributed by atoms with E-state index in [1.165, 1.54) is 72.0 Å². The van der Waals surface area contributed by atoms with Crippen molar-refractivity contribution in [1.29, 1.82) is 0 Å². The van der Waals surface area contributed by atoms with Gasteiger partial charge in [-0.25, -0.2) is 12.2 Å². The Kier molecular flexibility index (Phi) is 9.47. The van der Waals surface area contributed by atoms with E-state index in [4.69, 9.17) is 17.0 Å². The maximum absolute atomic E-state index is 5.37. The Balaban J connectivity index is 0.000000157. The second-order valence-electron chi connectivity index (χ2n) is 7.54. The van der Waals surface area contributed by atoms with Gasteiger partial charge >= 0.3 is 46.5 Å². The van der Waals surface area contributed by atoms with Crippen molar-refractivity contribution >= 4 is 20.7 Å². The molecule has 0 aromatic carbocycles. The molecule has 0 atom stereocenters. The second-order valence-corrected chi connectivity index (χ2v) is 16.3. The Morgan fingerprint density at radius 2 is 1.15 bits per heavy atom. The van der Waals surface area contributed by atoms with Gasteiger partial charge in [0.1, 0.15) is 0 Å². The Morgan fingerprint density at radius 1 is 0.778 bits per heavy atom. The van der Waals surface area contributed by atoms with Crippen LogP contribution in [0.1, 0.15) is 73.1 Å². The summed E-state index contributed by atoms with van der Waals surface area (Å²) in [6.45, 7) is 10.6. The summed E-state index contributed by atoms with van der Waals surface area (Å²) in [6, 6.07) is 0. The monoisotopic (exact) mass is 478 g/mol. The van der Waals surface area contributed by atoms with Gasteiger partial charge in [0.2, 0.25) is 0 Å². The third-order valence-corrected chi connectivity index (χ3v) is 8.82. The van der Waals surface area contributed by atoms with Crippen LogP contribution in [0, 0.1) is 12.2 Å². The zero-order valence-electron chi connectivity index (χ0n) is 17.2. The van der Waals surface area contributed by atoms with Crippen LogP contribution in [0.5, 0.6) is 0 Å². The predicted octanol–water partition coefficient (Wildman–Crippen LogP) is 8.09. The van der Waals surface area contributed by atoms with E-state index in [-0.39, 0.29) is 0 Å². The first-order chi connectivity index (χ1) is 12.8. The molecule has 0 N–H and O–H groups in total. The summed E-state index contributed by atoms with van der Waals surface area (Å²) in [4.78, 5) is 0. The zero-order valence-corrected chi connectivity index (χ0v) is 21.2. The fraction of sp³-hybridized carbons (Fsp3) is 0.458. The molecule has 0 heterocycles. The van der Waals surface area contributed by atoms with E-state index < -0.39 is 18.9 Å². The average Bonchev–Trinajstić information content (AvgIpc) is 3.19. The van der Waals surface area contributed by atoms with Gasteiger partial charge < -0.3 is 0 Å². The van der Waals surface area contributed by atoms with Crippen molar-refractivity contribution in [3.63, 3.8) is 0 Å². The van der Waals surface area contributed by atoms with Gasteiger partial charge in [-0.15, -0.1) is 11.1 Å². The molecule has 0 saturated heterocycles. The van der Waals surface area contributed by atoms with Crippen molar-refractivity contribution in [3.05, 3.63) is 68.9 Å². The van der Waals surface area contributed by atoms with E-state index in [0.29, 0.717) is 0 Å². The number of rotatable bonds is 0. The quantitative estimate of drug-likeness (QED) is 0.307. The molecule has 0 fully saturated rings. The Labute approximate surface area is 180 Å². The van der Waals surface area contributed by atoms with Crippen LogP contribution in [0.2, 0.25) is 0 Å². The molecule has 0 aromatic rings. The zero-order chi connectivity index (χ0) is 20.0. The summed E-state index contributed by atoms with van der Waals surface area (Å²) < 4.78 is 1.89. The van der Waals surface area contributed by atoms with Gasteiger partial charge in [-0.2, -0.15) is 45.6 Å². The van der Waals surface area contributed by atoms with E-state index in [0.717, 1.165) is 0 Å². The number of allylic oxidation sites excluding steroid dienone is 12. The van der Waals surface area contributed by atoms with Gasteiger partial charge in [-0.05, 0) is 25.7 Å². The first kappa shape index (κ1) is 23.1. The van der Waals surface area contributed by atoms with Crippen LogP contribution in [0.15, 0.2) is 56.7 Å². The molecule has 146 valence electrons. The molecule has 3 heteroatoms. The maximum atomic E-state index is 5.37. The summed E-state index contributed by atoms with van der Waals surface area (Å²) in [5.41, 5.74) is 11.6. The summed E-state index contributed by atoms with van der Waals surface area (Å²) in [7, 11) is 10.7. The van der Waals surface area contributed by atoms with Gasteiger partial charge in [-0.1, -0.05) is 40.5 Å². The van der Waals surface area contributed by atoms with Gasteiger partial charge in [0.25, 0.3) is 0 Å². The molecule has 0 unspecified atom stereocenters. The Morgan fingerprint density at radius 3 is 1.44 bits per heavy atom. The normalized spacial score (nSPS) is 20.1. The second kappa shape index (κ2) is 11.1. The molecule has 0 aliphatic heterocycles. The number of hydrogen-bond donors (Lipinski definition) is 0. The number of fused-ring (bicyclic) bond motifs is 2. The third kappa shape index (κ3) is 6.95. The summed E-state index contributed by atoms with van der Waals surface area (Å²) in [6.07, 6.45) is 19.0. The standard InChI is InChI=1S/2C11H13.C2H4.2ClH.Zr/c2*1-8-6-10-5-3-4-9(2)11(10)7-8;1-2;;;/h2*7H,3-5H2,1-2H3;1H,2H3;2*1H;/q2*-1;;;;+2/p-2. The molecule has 4 aliphatic carbocycles. The van der Waals surface area contributed by atoms with Crippen molar-refractivity contribution in [1.82, 2.24) is 0 Å². The molecule has 4 rings (SSSR count). The molecular weight excluding hydrogens is 450 g/mol. The average molecular weight is 481 g/mol. The predicted molar refractivity (Wildman–Crippen MR) is 118 cm³/mol. The van der Waals surface area contributed by atoms with E-state index in [2.05, 4.69) is 52.0 Å². The van der Waals surface area contributed by atoms with Gasteiger partial charge in [0.05, 0.1) is 0 Å². The van der Waals surface area contributed by atoms with Crippen molar-refractivity contribution in [2.24, 2.45) is 0 Å². The van der Waals surface area contributed by atoms with Crippen molar-refractivity contribution in [3.8, 4) is 0 Å². The van der Waals surface area contributed by atoms with Crippen molar-refractivity contribution < 1.29 is 18.9 Å². The number of hydrogen-bond acceptors (Lipinski definition) is 0. The molecular formula is C24H30Cl2Zr-2. The fourth-order valence-electron chi connectivity index (χ4n) is 3.78. The Hall–Kier alpha value is -0.227. The third-order valence-electron chi connectivity index (χ3n) is 5.16. The van der Waals surface area contributed by atoms with Crippen LogP contribution in [0.3, 0.4) is 0 Å². The SMILES string of the molecule is CC1=CC2=C(C)CCCC2=[C-]1.CC1=CC2=C(C)CCCC2=[C-]1.C[CH]=[Zr]([Cl])[Cl]. The van der Waals surface area contributed by atoms with Crippen molar-refractivity contribution in [2.45, 2.75) is 73.1 Å². The molecule has 0 bridgehead atoms. The van der Waals surface area contributed by atoms with Crippen molar-refractivity contribution in [2.75, 3.05) is 0 Å². The van der Waals surface area contributed by atoms with Crippen LogP contribution in [-0.4, -0.2) is 3.71 Å². The minimum atomic E-state index is -1.76. The minimum absolute atomic E-state index is 1.24. The molecule has 0 nitrogen and oxygen atoms in total. The van der Waals surface area contributed by atoms with E-state index in [1.807, 2.05) is 10.6 Å². The summed E-state index contributed by atoms with van der Waals surface area (Å²) >= 11 is -1.76. The topological polar surface area (TPSA) is 0 Å². The van der Waals surface area contributed by atoms with E-state index in [9.17, 15) is 0 Å². The molecule has 4 aliphatic rings. The molecule has 0 aromatic heterocycles. The fourth-order valence-corrected chi connectivity index (χ4v) is 3.78. The van der Waals surface area contributed by atoms with Crippen LogP contribution in [0.4, 0.5) is 0 Å². The summed E-state index contributed by atoms with van der Waals surface area (Å²) in [5, 5.41) is 0. The van der Waals surface area contributed by atoms with Gasteiger partial charge in [0.15, 0.2) is 0 Å². The molecule has 27 heavy (non-hydrogen) atoms. The van der Waals surface area contributed by atoms with Crippen LogP contribution in [-0.2, 0) is 18.9 Å². The van der Waals surface area contributed by atoms with E-state index >= 15 is 0 Å². The van der Waals surface area contributed by atoms with Crippen LogP contribution in [0.25, 0.3) is 0 Å². The van der Waals surface area contributed by atoms with Crippen LogP contribution < -0.4 is 0 Å². The first-order valence-corrected chi connectivity index (χ1v) is 17.6. The summed E-state index contributed by atoms with van der Waals surface area (Å²) in [5.74, 6) is 0. The Bertz CT molecular complexity index is 734. The first-order valence-electron chi connectivity index (χ1n) is 9.81. The molecule has 0 spiro atoms. The molecule has 0 radical (unpaired) electrons. The van der Waals surface area contributed by atoms with Gasteiger partial charge in [0, 0.05) is 0 Å². The van der Waals surface area contributed by atoms with Gasteiger partial charge in [-0.3, -0.25) is 0 Å². The number of halogens is 2. The van der Waals surface area contributed by atoms with Crippen LogP contribution >= 0.6 is 17.0 Å².